The highest BCUT2D eigenvalue weighted by atomic mass is 32.2. The maximum atomic E-state index is 11.5. The number of methoxy groups -OCH3 is 2. The Balaban J connectivity index is 1.72. The Labute approximate surface area is 213 Å². The number of aliphatic hydroxyl groups excluding tert-OH is 1. The number of phenolic OH excluding ortho intramolecular Hbond substituents is 1. The zero-order valence-corrected chi connectivity index (χ0v) is 21.7. The summed E-state index contributed by atoms with van der Waals surface area (Å²) in [5.41, 5.74) is 2.80. The van der Waals surface area contributed by atoms with Crippen LogP contribution in [0.25, 0.3) is 0 Å². The molecular weight excluding hydrogens is 480 g/mol. The van der Waals surface area contributed by atoms with Crippen LogP contribution >= 0.6 is 0 Å². The van der Waals surface area contributed by atoms with E-state index in [-0.39, 0.29) is 29.9 Å². The molecule has 0 aliphatic rings. The number of aromatic hydroxyl groups is 1. The summed E-state index contributed by atoms with van der Waals surface area (Å²) in [6, 6.07) is 20.4. The van der Waals surface area contributed by atoms with E-state index in [0.29, 0.717) is 5.56 Å². The number of sulfonamides is 1. The highest BCUT2D eigenvalue weighted by Crippen LogP contribution is 2.32. The molecule has 0 radical (unpaired) electrons. The van der Waals surface area contributed by atoms with Crippen LogP contribution in [0.4, 0.5) is 5.69 Å². The predicted molar refractivity (Wildman–Crippen MR) is 141 cm³/mol. The summed E-state index contributed by atoms with van der Waals surface area (Å²) in [7, 11) is -0.285. The van der Waals surface area contributed by atoms with Crippen LogP contribution in [0, 0.1) is 0 Å². The molecule has 3 rings (SSSR count). The second-order valence-corrected chi connectivity index (χ2v) is 10.6. The SMILES string of the molecule is COc1ccc(C(C[C@@H](C)NC[C@H](O)c2ccc(O)c(NS(C)(=O)=O)c2)c2ccc(OC)cc2)cc1. The van der Waals surface area contributed by atoms with Crippen molar-refractivity contribution in [1.29, 1.82) is 0 Å². The van der Waals surface area contributed by atoms with Crippen LogP contribution in [0.15, 0.2) is 66.7 Å². The van der Waals surface area contributed by atoms with Crippen LogP contribution in [0.2, 0.25) is 0 Å². The molecule has 0 fully saturated rings. The fraction of sp³-hybridized carbons (Fsp3) is 0.333. The Morgan fingerprint density at radius 1 is 0.861 bits per heavy atom. The fourth-order valence-electron chi connectivity index (χ4n) is 4.05. The van der Waals surface area contributed by atoms with E-state index in [2.05, 4.69) is 41.2 Å². The van der Waals surface area contributed by atoms with E-state index < -0.39 is 16.1 Å². The average molecular weight is 515 g/mol. The quantitative estimate of drug-likeness (QED) is 0.270. The van der Waals surface area contributed by atoms with Gasteiger partial charge >= 0.3 is 0 Å². The molecule has 4 N–H and O–H groups in total. The van der Waals surface area contributed by atoms with Gasteiger partial charge in [-0.25, -0.2) is 8.42 Å². The van der Waals surface area contributed by atoms with E-state index in [1.807, 2.05) is 24.3 Å². The zero-order chi connectivity index (χ0) is 26.3. The van der Waals surface area contributed by atoms with Crippen LogP contribution in [0.1, 0.15) is 42.1 Å². The second-order valence-electron chi connectivity index (χ2n) is 8.81. The molecule has 0 aliphatic carbocycles. The van der Waals surface area contributed by atoms with Gasteiger partial charge in [-0.05, 0) is 66.4 Å². The Hall–Kier alpha value is -3.27. The van der Waals surface area contributed by atoms with E-state index in [0.717, 1.165) is 35.3 Å². The van der Waals surface area contributed by atoms with Crippen molar-refractivity contribution in [2.75, 3.05) is 31.7 Å². The van der Waals surface area contributed by atoms with Crippen molar-refractivity contribution in [2.24, 2.45) is 0 Å². The number of hydrogen-bond donors (Lipinski definition) is 4. The van der Waals surface area contributed by atoms with E-state index in [9.17, 15) is 18.6 Å². The molecule has 0 aliphatic heterocycles. The van der Waals surface area contributed by atoms with Gasteiger partial charge in [0.15, 0.2) is 0 Å². The van der Waals surface area contributed by atoms with Crippen molar-refractivity contribution in [1.82, 2.24) is 5.32 Å². The third kappa shape index (κ3) is 7.61. The number of ether oxygens (including phenoxy) is 2. The lowest BCUT2D eigenvalue weighted by molar-refractivity contribution is 0.169. The predicted octanol–water partition coefficient (Wildman–Crippen LogP) is 4.01. The van der Waals surface area contributed by atoms with E-state index in [4.69, 9.17) is 9.47 Å². The first-order valence-corrected chi connectivity index (χ1v) is 13.5. The van der Waals surface area contributed by atoms with Crippen molar-refractivity contribution >= 4 is 15.7 Å². The Morgan fingerprint density at radius 3 is 1.83 bits per heavy atom. The van der Waals surface area contributed by atoms with E-state index in [1.165, 1.54) is 12.1 Å². The minimum atomic E-state index is -3.57. The molecule has 0 saturated heterocycles. The standard InChI is InChI=1S/C27H34N2O6S/c1-18(28-17-27(31)21-9-14-26(30)25(16-21)29-36(4,32)33)15-24(19-5-10-22(34-2)11-6-19)20-7-12-23(35-3)13-8-20/h5-14,16,18,24,27-31H,15,17H2,1-4H3/t18-,27+/m1/s1. The summed E-state index contributed by atoms with van der Waals surface area (Å²) >= 11 is 0. The van der Waals surface area contributed by atoms with Gasteiger partial charge in [0.1, 0.15) is 17.2 Å². The van der Waals surface area contributed by atoms with Gasteiger partial charge in [-0.15, -0.1) is 0 Å². The van der Waals surface area contributed by atoms with E-state index in [1.54, 1.807) is 20.3 Å². The third-order valence-corrected chi connectivity index (χ3v) is 6.58. The van der Waals surface area contributed by atoms with Gasteiger partial charge in [0.25, 0.3) is 0 Å². The molecule has 8 nitrogen and oxygen atoms in total. The molecule has 0 amide bonds. The highest BCUT2D eigenvalue weighted by Gasteiger charge is 2.20. The van der Waals surface area contributed by atoms with Crippen LogP contribution < -0.4 is 19.5 Å². The number of rotatable bonds is 12. The molecule has 0 saturated carbocycles. The summed E-state index contributed by atoms with van der Waals surface area (Å²) in [6.07, 6.45) is 0.872. The van der Waals surface area contributed by atoms with Gasteiger partial charge in [-0.2, -0.15) is 0 Å². The lowest BCUT2D eigenvalue weighted by Crippen LogP contribution is -2.32. The van der Waals surface area contributed by atoms with Crippen molar-refractivity contribution in [2.45, 2.75) is 31.4 Å². The molecule has 0 heterocycles. The summed E-state index contributed by atoms with van der Waals surface area (Å²) < 4.78 is 36.0. The van der Waals surface area contributed by atoms with Crippen LogP contribution in [0.5, 0.6) is 17.2 Å². The van der Waals surface area contributed by atoms with Crippen molar-refractivity contribution in [3.05, 3.63) is 83.4 Å². The molecule has 2 atom stereocenters. The molecule has 0 unspecified atom stereocenters. The third-order valence-electron chi connectivity index (χ3n) is 5.99. The minimum Gasteiger partial charge on any atom is -0.506 e. The average Bonchev–Trinajstić information content (AvgIpc) is 2.86. The van der Waals surface area contributed by atoms with Crippen LogP contribution in [-0.2, 0) is 10.0 Å². The number of phenols is 1. The number of benzene rings is 3. The first kappa shape index (κ1) is 27.3. The first-order chi connectivity index (χ1) is 17.1. The molecule has 0 aromatic heterocycles. The largest absolute Gasteiger partial charge is 0.506 e. The van der Waals surface area contributed by atoms with Crippen LogP contribution in [-0.4, -0.2) is 51.7 Å². The summed E-state index contributed by atoms with van der Waals surface area (Å²) in [6.45, 7) is 2.31. The van der Waals surface area contributed by atoms with E-state index >= 15 is 0 Å². The van der Waals surface area contributed by atoms with Gasteiger partial charge < -0.3 is 25.0 Å². The molecular formula is C27H34N2O6S. The normalized spacial score (nSPS) is 13.3. The summed E-state index contributed by atoms with van der Waals surface area (Å²) in [5, 5.41) is 24.0. The monoisotopic (exact) mass is 514 g/mol. The maximum Gasteiger partial charge on any atom is 0.229 e. The van der Waals surface area contributed by atoms with Crippen molar-refractivity contribution < 1.29 is 28.1 Å². The lowest BCUT2D eigenvalue weighted by Gasteiger charge is -2.24. The minimum absolute atomic E-state index is 0.0289. The maximum absolute atomic E-state index is 11.5. The summed E-state index contributed by atoms with van der Waals surface area (Å²) in [5.74, 6) is 1.47. The highest BCUT2D eigenvalue weighted by molar-refractivity contribution is 7.92. The lowest BCUT2D eigenvalue weighted by atomic mass is 9.86. The number of nitrogens with one attached hydrogen (secondary N) is 2. The van der Waals surface area contributed by atoms with Gasteiger partial charge in [0, 0.05) is 18.5 Å². The topological polar surface area (TPSA) is 117 Å². The Kier molecular flexibility index (Phi) is 9.19. The molecule has 9 heteroatoms. The molecule has 36 heavy (non-hydrogen) atoms. The molecule has 3 aromatic rings. The first-order valence-electron chi connectivity index (χ1n) is 11.6. The van der Waals surface area contributed by atoms with Crippen molar-refractivity contribution in [3.63, 3.8) is 0 Å². The number of hydrogen-bond acceptors (Lipinski definition) is 7. The summed E-state index contributed by atoms with van der Waals surface area (Å²) in [4.78, 5) is 0. The molecule has 3 aromatic carbocycles. The fourth-order valence-corrected chi connectivity index (χ4v) is 4.61. The molecule has 0 bridgehead atoms. The van der Waals surface area contributed by atoms with Crippen LogP contribution in [0.3, 0.4) is 0 Å². The van der Waals surface area contributed by atoms with Gasteiger partial charge in [0.05, 0.1) is 32.3 Å². The van der Waals surface area contributed by atoms with Gasteiger partial charge in [0.2, 0.25) is 10.0 Å². The smallest absolute Gasteiger partial charge is 0.229 e. The van der Waals surface area contributed by atoms with Crippen molar-refractivity contribution in [3.8, 4) is 17.2 Å². The number of anilines is 1. The molecule has 194 valence electrons. The second kappa shape index (κ2) is 12.1. The molecule has 0 spiro atoms. The van der Waals surface area contributed by atoms with Gasteiger partial charge in [-0.1, -0.05) is 30.3 Å². The number of aliphatic hydroxyl groups is 1. The zero-order valence-electron chi connectivity index (χ0n) is 20.9. The Bertz CT molecular complexity index is 1180. The van der Waals surface area contributed by atoms with Gasteiger partial charge in [-0.3, -0.25) is 4.72 Å². The Morgan fingerprint density at radius 2 is 1.36 bits per heavy atom.